The molecule has 2 aliphatic rings. The maximum Gasteiger partial charge on any atom is 0.223 e. The van der Waals surface area contributed by atoms with Crippen molar-refractivity contribution in [3.05, 3.63) is 12.4 Å². The predicted molar refractivity (Wildman–Crippen MR) is 63.1 cm³/mol. The number of ether oxygens (including phenoxy) is 2. The first kappa shape index (κ1) is 10.8. The summed E-state index contributed by atoms with van der Waals surface area (Å²) in [6, 6.07) is 0.357. The minimum atomic E-state index is 0.348. The van der Waals surface area contributed by atoms with Crippen LogP contribution in [0.3, 0.4) is 0 Å². The zero-order valence-corrected chi connectivity index (χ0v) is 9.93. The summed E-state index contributed by atoms with van der Waals surface area (Å²) in [5, 5.41) is 3.36. The van der Waals surface area contributed by atoms with Crippen LogP contribution in [0, 0.1) is 5.92 Å². The zero-order chi connectivity index (χ0) is 11.7. The molecule has 1 aromatic rings. The van der Waals surface area contributed by atoms with Gasteiger partial charge in [-0.3, -0.25) is 0 Å². The number of nitrogens with one attached hydrogen (secondary N) is 1. The van der Waals surface area contributed by atoms with E-state index in [1.807, 2.05) is 0 Å². The summed E-state index contributed by atoms with van der Waals surface area (Å²) in [7, 11) is 1.61. The van der Waals surface area contributed by atoms with E-state index in [0.717, 1.165) is 18.9 Å². The fraction of sp³-hybridized carbons (Fsp3) is 0.667. The topological polar surface area (TPSA) is 56.3 Å². The highest BCUT2D eigenvalue weighted by Crippen LogP contribution is 2.39. The fourth-order valence-corrected chi connectivity index (χ4v) is 2.32. The van der Waals surface area contributed by atoms with E-state index in [1.165, 1.54) is 12.8 Å². The van der Waals surface area contributed by atoms with Crippen molar-refractivity contribution in [1.82, 2.24) is 9.97 Å². The van der Waals surface area contributed by atoms with Gasteiger partial charge in [0.25, 0.3) is 0 Å². The van der Waals surface area contributed by atoms with E-state index in [9.17, 15) is 0 Å². The van der Waals surface area contributed by atoms with Crippen LogP contribution in [0.15, 0.2) is 12.4 Å². The molecule has 1 aromatic heterocycles. The predicted octanol–water partition coefficient (Wildman–Crippen LogP) is 1.46. The lowest BCUT2D eigenvalue weighted by atomic mass is 10.1. The molecule has 0 bridgehead atoms. The Morgan fingerprint density at radius 3 is 2.71 bits per heavy atom. The van der Waals surface area contributed by atoms with E-state index in [1.54, 1.807) is 19.5 Å². The van der Waals surface area contributed by atoms with Gasteiger partial charge in [0, 0.05) is 6.61 Å². The van der Waals surface area contributed by atoms with Gasteiger partial charge in [-0.2, -0.15) is 0 Å². The third-order valence-electron chi connectivity index (χ3n) is 3.40. The van der Waals surface area contributed by atoms with E-state index >= 15 is 0 Å². The van der Waals surface area contributed by atoms with Crippen LogP contribution in [0.4, 0.5) is 5.95 Å². The van der Waals surface area contributed by atoms with Crippen LogP contribution in [0.1, 0.15) is 19.3 Å². The molecule has 5 nitrogen and oxygen atoms in total. The van der Waals surface area contributed by atoms with Gasteiger partial charge < -0.3 is 14.8 Å². The van der Waals surface area contributed by atoms with E-state index in [-0.39, 0.29) is 0 Å². The van der Waals surface area contributed by atoms with Crippen molar-refractivity contribution in [2.24, 2.45) is 5.92 Å². The first-order valence-electron chi connectivity index (χ1n) is 6.11. The molecular weight excluding hydrogens is 218 g/mol. The molecule has 2 unspecified atom stereocenters. The highest BCUT2D eigenvalue weighted by Gasteiger charge is 2.40. The summed E-state index contributed by atoms with van der Waals surface area (Å²) < 4.78 is 10.8. The second kappa shape index (κ2) is 4.49. The molecule has 0 aromatic carbocycles. The lowest BCUT2D eigenvalue weighted by molar-refractivity contribution is 0.0897. The van der Waals surface area contributed by atoms with Crippen LogP contribution in [-0.2, 0) is 4.74 Å². The Balaban J connectivity index is 1.64. The molecule has 5 heteroatoms. The summed E-state index contributed by atoms with van der Waals surface area (Å²) in [6.45, 7) is 0.842. The number of anilines is 1. The smallest absolute Gasteiger partial charge is 0.223 e. The first-order chi connectivity index (χ1) is 8.36. The van der Waals surface area contributed by atoms with Gasteiger partial charge in [-0.25, -0.2) is 9.97 Å². The van der Waals surface area contributed by atoms with Crippen LogP contribution in [-0.4, -0.2) is 35.8 Å². The number of nitrogens with zero attached hydrogens (tertiary/aromatic N) is 2. The first-order valence-corrected chi connectivity index (χ1v) is 6.11. The van der Waals surface area contributed by atoms with Crippen LogP contribution >= 0.6 is 0 Å². The van der Waals surface area contributed by atoms with Crippen molar-refractivity contribution < 1.29 is 9.47 Å². The molecule has 0 spiro atoms. The van der Waals surface area contributed by atoms with Gasteiger partial charge in [0.2, 0.25) is 5.95 Å². The van der Waals surface area contributed by atoms with Crippen LogP contribution < -0.4 is 10.1 Å². The molecule has 1 saturated carbocycles. The van der Waals surface area contributed by atoms with Gasteiger partial charge in [-0.15, -0.1) is 0 Å². The molecule has 17 heavy (non-hydrogen) atoms. The lowest BCUT2D eigenvalue weighted by Crippen LogP contribution is -2.31. The Morgan fingerprint density at radius 1 is 1.29 bits per heavy atom. The quantitative estimate of drug-likeness (QED) is 0.856. The highest BCUT2D eigenvalue weighted by atomic mass is 16.5. The van der Waals surface area contributed by atoms with Crippen molar-refractivity contribution in [3.63, 3.8) is 0 Å². The molecule has 1 N–H and O–H groups in total. The Hall–Kier alpha value is -1.36. The summed E-state index contributed by atoms with van der Waals surface area (Å²) in [5.41, 5.74) is 0. The number of hydrogen-bond donors (Lipinski definition) is 1. The molecule has 92 valence electrons. The Bertz CT molecular complexity index is 378. The second-order valence-electron chi connectivity index (χ2n) is 4.66. The van der Waals surface area contributed by atoms with E-state index in [2.05, 4.69) is 15.3 Å². The monoisotopic (exact) mass is 235 g/mol. The molecule has 2 fully saturated rings. The van der Waals surface area contributed by atoms with Gasteiger partial charge in [0.05, 0.1) is 31.6 Å². The molecule has 0 radical (unpaired) electrons. The molecule has 1 aliphatic carbocycles. The third kappa shape index (κ3) is 2.34. The highest BCUT2D eigenvalue weighted by molar-refractivity contribution is 5.29. The molecule has 2 atom stereocenters. The average Bonchev–Trinajstić information content (AvgIpc) is 3.11. The van der Waals surface area contributed by atoms with Gasteiger partial charge >= 0.3 is 0 Å². The van der Waals surface area contributed by atoms with E-state index in [0.29, 0.717) is 23.8 Å². The van der Waals surface area contributed by atoms with Crippen molar-refractivity contribution in [2.75, 3.05) is 19.0 Å². The van der Waals surface area contributed by atoms with Crippen molar-refractivity contribution >= 4 is 5.95 Å². The summed E-state index contributed by atoms with van der Waals surface area (Å²) in [4.78, 5) is 8.45. The van der Waals surface area contributed by atoms with Crippen LogP contribution in [0.25, 0.3) is 0 Å². The van der Waals surface area contributed by atoms with Crippen LogP contribution in [0.5, 0.6) is 5.75 Å². The SMILES string of the molecule is COc1cnc(NC2CCOC2C2CC2)nc1. The minimum Gasteiger partial charge on any atom is -0.494 e. The lowest BCUT2D eigenvalue weighted by Gasteiger charge is -2.19. The molecule has 1 aliphatic heterocycles. The third-order valence-corrected chi connectivity index (χ3v) is 3.40. The summed E-state index contributed by atoms with van der Waals surface area (Å²) in [5.74, 6) is 2.08. The molecule has 1 saturated heterocycles. The van der Waals surface area contributed by atoms with Gasteiger partial charge in [0.15, 0.2) is 5.75 Å². The van der Waals surface area contributed by atoms with Gasteiger partial charge in [0.1, 0.15) is 0 Å². The minimum absolute atomic E-state index is 0.348. The average molecular weight is 235 g/mol. The van der Waals surface area contributed by atoms with Crippen molar-refractivity contribution in [1.29, 1.82) is 0 Å². The number of hydrogen-bond acceptors (Lipinski definition) is 5. The second-order valence-corrected chi connectivity index (χ2v) is 4.66. The maximum atomic E-state index is 5.76. The Kier molecular flexibility index (Phi) is 2.84. The number of methoxy groups -OCH3 is 1. The Labute approximate surface area is 101 Å². The van der Waals surface area contributed by atoms with E-state index in [4.69, 9.17) is 9.47 Å². The molecule has 3 rings (SSSR count). The fourth-order valence-electron chi connectivity index (χ4n) is 2.32. The Morgan fingerprint density at radius 2 is 2.06 bits per heavy atom. The molecule has 2 heterocycles. The number of rotatable bonds is 4. The summed E-state index contributed by atoms with van der Waals surface area (Å²) in [6.07, 6.45) is 7.34. The normalized spacial score (nSPS) is 28.1. The largest absolute Gasteiger partial charge is 0.494 e. The maximum absolute atomic E-state index is 5.76. The standard InChI is InChI=1S/C12H17N3O2/c1-16-9-6-13-12(14-7-9)15-10-4-5-17-11(10)8-2-3-8/h6-8,10-11H,2-5H2,1H3,(H,13,14,15). The molecular formula is C12H17N3O2. The van der Waals surface area contributed by atoms with Crippen LogP contribution in [0.2, 0.25) is 0 Å². The van der Waals surface area contributed by atoms with Gasteiger partial charge in [-0.1, -0.05) is 0 Å². The number of aromatic nitrogens is 2. The molecule has 0 amide bonds. The summed E-state index contributed by atoms with van der Waals surface area (Å²) >= 11 is 0. The van der Waals surface area contributed by atoms with Crippen molar-refractivity contribution in [2.45, 2.75) is 31.4 Å². The van der Waals surface area contributed by atoms with Crippen molar-refractivity contribution in [3.8, 4) is 5.75 Å². The van der Waals surface area contributed by atoms with Gasteiger partial charge in [-0.05, 0) is 25.2 Å². The zero-order valence-electron chi connectivity index (χ0n) is 9.93. The van der Waals surface area contributed by atoms with E-state index < -0.39 is 0 Å².